The van der Waals surface area contributed by atoms with E-state index in [0.717, 1.165) is 35.9 Å². The number of benzene rings is 1. The third-order valence-corrected chi connectivity index (χ3v) is 4.23. The molecule has 0 N–H and O–H groups in total. The van der Waals surface area contributed by atoms with Gasteiger partial charge < -0.3 is 0 Å². The highest BCUT2D eigenvalue weighted by molar-refractivity contribution is 5.52. The number of rotatable bonds is 3. The number of fused-ring (bicyclic) bond motifs is 1. The number of hydrogen-bond donors (Lipinski definition) is 0. The minimum absolute atomic E-state index is 0.358. The second-order valence-corrected chi connectivity index (χ2v) is 5.99. The van der Waals surface area contributed by atoms with Crippen molar-refractivity contribution in [2.45, 2.75) is 19.5 Å². The Morgan fingerprint density at radius 3 is 2.76 bits per heavy atom. The van der Waals surface area contributed by atoms with Crippen LogP contribution in [0, 0.1) is 11.6 Å². The van der Waals surface area contributed by atoms with Crippen molar-refractivity contribution in [3.05, 3.63) is 71.6 Å². The van der Waals surface area contributed by atoms with E-state index in [1.807, 2.05) is 0 Å². The fraction of sp³-hybridized carbons (Fsp3) is 0.222. The average molecular weight is 339 g/mol. The standard InChI is InChI=1S/C18H15F2N5/c19-15-1-2-16(20)12(5-15)9-25-4-3-17-14(10-25)8-23-18(24-17)13-6-21-11-22-7-13/h1-2,5-8,11H,3-4,9-10H2. The van der Waals surface area contributed by atoms with Crippen molar-refractivity contribution in [1.82, 2.24) is 24.8 Å². The molecular formula is C18H15F2N5. The molecule has 0 saturated heterocycles. The molecule has 126 valence electrons. The molecular weight excluding hydrogens is 324 g/mol. The Morgan fingerprint density at radius 1 is 1.08 bits per heavy atom. The molecule has 5 nitrogen and oxygen atoms in total. The monoisotopic (exact) mass is 339 g/mol. The quantitative estimate of drug-likeness (QED) is 0.734. The molecule has 25 heavy (non-hydrogen) atoms. The summed E-state index contributed by atoms with van der Waals surface area (Å²) in [6.07, 6.45) is 7.34. The van der Waals surface area contributed by atoms with E-state index in [-0.39, 0.29) is 5.82 Å². The van der Waals surface area contributed by atoms with Gasteiger partial charge in [-0.15, -0.1) is 0 Å². The zero-order valence-corrected chi connectivity index (χ0v) is 13.4. The van der Waals surface area contributed by atoms with Crippen LogP contribution < -0.4 is 0 Å². The second kappa shape index (κ2) is 6.60. The van der Waals surface area contributed by atoms with Gasteiger partial charge in [-0.1, -0.05) is 0 Å². The first kappa shape index (κ1) is 15.7. The Bertz CT molecular complexity index is 901. The Morgan fingerprint density at radius 2 is 1.92 bits per heavy atom. The lowest BCUT2D eigenvalue weighted by molar-refractivity contribution is 0.239. The van der Waals surface area contributed by atoms with E-state index >= 15 is 0 Å². The van der Waals surface area contributed by atoms with Crippen LogP contribution in [0.25, 0.3) is 11.4 Å². The van der Waals surface area contributed by atoms with Gasteiger partial charge >= 0.3 is 0 Å². The predicted octanol–water partition coefficient (Wildman–Crippen LogP) is 2.77. The van der Waals surface area contributed by atoms with E-state index in [1.165, 1.54) is 18.5 Å². The lowest BCUT2D eigenvalue weighted by Crippen LogP contribution is -2.31. The highest BCUT2D eigenvalue weighted by atomic mass is 19.1. The van der Waals surface area contributed by atoms with Gasteiger partial charge in [-0.3, -0.25) is 4.90 Å². The number of halogens is 2. The SMILES string of the molecule is Fc1ccc(F)c(CN2CCc3nc(-c4cncnc4)ncc3C2)c1. The molecule has 3 heterocycles. The number of aromatic nitrogens is 4. The molecule has 0 saturated carbocycles. The predicted molar refractivity (Wildman–Crippen MR) is 87.2 cm³/mol. The average Bonchev–Trinajstić information content (AvgIpc) is 2.65. The fourth-order valence-corrected chi connectivity index (χ4v) is 2.97. The first-order valence-electron chi connectivity index (χ1n) is 7.95. The summed E-state index contributed by atoms with van der Waals surface area (Å²) in [7, 11) is 0. The Hall–Kier alpha value is -2.80. The van der Waals surface area contributed by atoms with Crippen LogP contribution in [0.2, 0.25) is 0 Å². The van der Waals surface area contributed by atoms with E-state index in [2.05, 4.69) is 24.8 Å². The van der Waals surface area contributed by atoms with Gasteiger partial charge in [-0.05, 0) is 18.2 Å². The molecule has 1 aliphatic heterocycles. The maximum atomic E-state index is 13.8. The molecule has 7 heteroatoms. The minimum atomic E-state index is -0.424. The molecule has 0 bridgehead atoms. The van der Waals surface area contributed by atoms with Gasteiger partial charge in [0.1, 0.15) is 18.0 Å². The van der Waals surface area contributed by atoms with Crippen molar-refractivity contribution >= 4 is 0 Å². The molecule has 2 aromatic heterocycles. The van der Waals surface area contributed by atoms with Crippen molar-refractivity contribution in [1.29, 1.82) is 0 Å². The van der Waals surface area contributed by atoms with E-state index in [4.69, 9.17) is 0 Å². The van der Waals surface area contributed by atoms with Gasteiger partial charge in [0.15, 0.2) is 5.82 Å². The number of nitrogens with zero attached hydrogens (tertiary/aromatic N) is 5. The Balaban J connectivity index is 1.53. The zero-order valence-electron chi connectivity index (χ0n) is 13.4. The van der Waals surface area contributed by atoms with Crippen LogP contribution in [0.5, 0.6) is 0 Å². The smallest absolute Gasteiger partial charge is 0.162 e. The molecule has 0 fully saturated rings. The maximum Gasteiger partial charge on any atom is 0.162 e. The molecule has 3 aromatic rings. The normalized spacial score (nSPS) is 14.3. The van der Waals surface area contributed by atoms with E-state index in [0.29, 0.717) is 24.5 Å². The molecule has 0 aliphatic carbocycles. The summed E-state index contributed by atoms with van der Waals surface area (Å²) in [6.45, 7) is 1.69. The molecule has 1 aliphatic rings. The van der Waals surface area contributed by atoms with Crippen molar-refractivity contribution in [3.63, 3.8) is 0 Å². The summed E-state index contributed by atoms with van der Waals surface area (Å²) < 4.78 is 27.2. The summed E-state index contributed by atoms with van der Waals surface area (Å²) in [4.78, 5) is 19.0. The van der Waals surface area contributed by atoms with Crippen LogP contribution in [0.15, 0.2) is 43.1 Å². The summed E-state index contributed by atoms with van der Waals surface area (Å²) in [5, 5.41) is 0. The van der Waals surface area contributed by atoms with Crippen LogP contribution in [-0.2, 0) is 19.5 Å². The number of hydrogen-bond acceptors (Lipinski definition) is 5. The molecule has 4 rings (SSSR count). The van der Waals surface area contributed by atoms with Crippen LogP contribution in [0.4, 0.5) is 8.78 Å². The van der Waals surface area contributed by atoms with Gasteiger partial charge in [0.05, 0.1) is 11.3 Å². The van der Waals surface area contributed by atoms with Gasteiger partial charge in [0.25, 0.3) is 0 Å². The molecule has 0 radical (unpaired) electrons. The highest BCUT2D eigenvalue weighted by Crippen LogP contribution is 2.22. The van der Waals surface area contributed by atoms with Crippen molar-refractivity contribution in [3.8, 4) is 11.4 Å². The van der Waals surface area contributed by atoms with Crippen LogP contribution >= 0.6 is 0 Å². The van der Waals surface area contributed by atoms with E-state index in [1.54, 1.807) is 18.6 Å². The highest BCUT2D eigenvalue weighted by Gasteiger charge is 2.20. The van der Waals surface area contributed by atoms with Crippen LogP contribution in [-0.4, -0.2) is 31.4 Å². The minimum Gasteiger partial charge on any atom is -0.294 e. The third-order valence-electron chi connectivity index (χ3n) is 4.23. The molecule has 0 unspecified atom stereocenters. The topological polar surface area (TPSA) is 54.8 Å². The van der Waals surface area contributed by atoms with E-state index in [9.17, 15) is 8.78 Å². The van der Waals surface area contributed by atoms with Gasteiger partial charge in [0.2, 0.25) is 0 Å². The zero-order chi connectivity index (χ0) is 17.2. The van der Waals surface area contributed by atoms with E-state index < -0.39 is 5.82 Å². The van der Waals surface area contributed by atoms with Crippen molar-refractivity contribution in [2.75, 3.05) is 6.54 Å². The lowest BCUT2D eigenvalue weighted by atomic mass is 10.1. The first-order valence-corrected chi connectivity index (χ1v) is 7.95. The Kier molecular flexibility index (Phi) is 4.15. The summed E-state index contributed by atoms with van der Waals surface area (Å²) >= 11 is 0. The third kappa shape index (κ3) is 3.36. The summed E-state index contributed by atoms with van der Waals surface area (Å²) in [6, 6.07) is 3.55. The second-order valence-electron chi connectivity index (χ2n) is 5.99. The fourth-order valence-electron chi connectivity index (χ4n) is 2.97. The Labute approximate surface area is 143 Å². The molecule has 0 amide bonds. The largest absolute Gasteiger partial charge is 0.294 e. The lowest BCUT2D eigenvalue weighted by Gasteiger charge is -2.28. The van der Waals surface area contributed by atoms with Crippen LogP contribution in [0.3, 0.4) is 0 Å². The maximum absolute atomic E-state index is 13.8. The van der Waals surface area contributed by atoms with Gasteiger partial charge in [0, 0.05) is 55.8 Å². The molecule has 0 spiro atoms. The van der Waals surface area contributed by atoms with Crippen LogP contribution in [0.1, 0.15) is 16.8 Å². The molecule has 1 aromatic carbocycles. The van der Waals surface area contributed by atoms with Gasteiger partial charge in [-0.2, -0.15) is 0 Å². The van der Waals surface area contributed by atoms with Crippen molar-refractivity contribution in [2.24, 2.45) is 0 Å². The molecule has 0 atom stereocenters. The van der Waals surface area contributed by atoms with Crippen molar-refractivity contribution < 1.29 is 8.78 Å². The van der Waals surface area contributed by atoms with Gasteiger partial charge in [-0.25, -0.2) is 28.7 Å². The summed E-state index contributed by atoms with van der Waals surface area (Å²) in [5.41, 5.74) is 3.12. The first-order chi connectivity index (χ1) is 12.2. The summed E-state index contributed by atoms with van der Waals surface area (Å²) in [5.74, 6) is -0.210.